The van der Waals surface area contributed by atoms with Gasteiger partial charge < -0.3 is 9.80 Å². The highest BCUT2D eigenvalue weighted by molar-refractivity contribution is 7.92. The molecule has 4 rings (SSSR count). The van der Waals surface area contributed by atoms with Gasteiger partial charge in [0.25, 0.3) is 10.0 Å². The summed E-state index contributed by atoms with van der Waals surface area (Å²) in [6.07, 6.45) is 2.73. The molecule has 1 amide bonds. The Balaban J connectivity index is 1.36. The van der Waals surface area contributed by atoms with Gasteiger partial charge in [0.2, 0.25) is 5.91 Å². The van der Waals surface area contributed by atoms with Crippen LogP contribution >= 0.6 is 0 Å². The van der Waals surface area contributed by atoms with Crippen LogP contribution in [0.1, 0.15) is 18.4 Å². The van der Waals surface area contributed by atoms with Gasteiger partial charge in [0.15, 0.2) is 0 Å². The Hall–Kier alpha value is -3.53. The number of nitrogens with zero attached hydrogens (tertiary/aromatic N) is 4. The number of benzene rings is 2. The van der Waals surface area contributed by atoms with Crippen molar-refractivity contribution < 1.29 is 17.6 Å². The lowest BCUT2D eigenvalue weighted by Gasteiger charge is -2.37. The first-order valence-electron chi connectivity index (χ1n) is 10.5. The number of amides is 1. The zero-order valence-corrected chi connectivity index (χ0v) is 18.9. The fourth-order valence-electron chi connectivity index (χ4n) is 3.74. The van der Waals surface area contributed by atoms with Gasteiger partial charge in [-0.05, 0) is 55.0 Å². The molecular formula is C23H24FN5O3S. The van der Waals surface area contributed by atoms with Gasteiger partial charge in [-0.2, -0.15) is 0 Å². The fraction of sp³-hybridized carbons (Fsp3) is 0.261. The smallest absolute Gasteiger partial charge is 0.263 e. The first-order chi connectivity index (χ1) is 15.8. The average Bonchev–Trinajstić information content (AvgIpc) is 2.84. The quantitative estimate of drug-likeness (QED) is 0.597. The molecule has 10 heteroatoms. The normalized spacial score (nSPS) is 15.2. The summed E-state index contributed by atoms with van der Waals surface area (Å²) in [4.78, 5) is 24.6. The van der Waals surface area contributed by atoms with Crippen molar-refractivity contribution in [3.63, 3.8) is 0 Å². The highest BCUT2D eigenvalue weighted by Gasteiger charge is 2.26. The number of carbonyl (C=O) groups is 1. The molecule has 3 aromatic rings. The number of sulfonamides is 1. The molecule has 0 saturated carbocycles. The van der Waals surface area contributed by atoms with E-state index in [4.69, 9.17) is 0 Å². The third-order valence-corrected chi connectivity index (χ3v) is 7.04. The molecule has 33 heavy (non-hydrogen) atoms. The summed E-state index contributed by atoms with van der Waals surface area (Å²) in [5, 5.41) is 0. The molecule has 2 aromatic carbocycles. The van der Waals surface area contributed by atoms with Crippen LogP contribution in [0.2, 0.25) is 0 Å². The molecule has 1 saturated heterocycles. The second kappa shape index (κ2) is 9.53. The van der Waals surface area contributed by atoms with E-state index in [1.807, 2.05) is 11.8 Å². The van der Waals surface area contributed by atoms with Gasteiger partial charge in [0.1, 0.15) is 18.0 Å². The van der Waals surface area contributed by atoms with Gasteiger partial charge in [0.05, 0.1) is 10.8 Å². The van der Waals surface area contributed by atoms with Gasteiger partial charge in [-0.1, -0.05) is 12.1 Å². The minimum atomic E-state index is -3.75. The summed E-state index contributed by atoms with van der Waals surface area (Å²) in [7, 11) is -3.75. The Morgan fingerprint density at radius 2 is 1.67 bits per heavy atom. The summed E-state index contributed by atoms with van der Waals surface area (Å²) in [6.45, 7) is 4.20. The number of rotatable bonds is 6. The summed E-state index contributed by atoms with van der Waals surface area (Å²) >= 11 is 0. The van der Waals surface area contributed by atoms with Gasteiger partial charge in [-0.25, -0.2) is 22.8 Å². The van der Waals surface area contributed by atoms with Crippen LogP contribution in [-0.4, -0.2) is 55.4 Å². The number of carbonyl (C=O) groups excluding carboxylic acids is 1. The average molecular weight is 470 g/mol. The predicted molar refractivity (Wildman–Crippen MR) is 123 cm³/mol. The van der Waals surface area contributed by atoms with E-state index in [9.17, 15) is 17.6 Å². The SMILES string of the molecule is CC(C(=O)N1CCN(c2ccc(S(=O)(=O)Nc3ccncn3)cc2)CC1)c1ccc(F)cc1. The Morgan fingerprint density at radius 3 is 2.27 bits per heavy atom. The van der Waals surface area contributed by atoms with Crippen molar-refractivity contribution in [2.75, 3.05) is 35.8 Å². The number of halogens is 1. The minimum absolute atomic E-state index is 0.0125. The van der Waals surface area contributed by atoms with E-state index in [2.05, 4.69) is 19.6 Å². The maximum Gasteiger partial charge on any atom is 0.263 e. The second-order valence-corrected chi connectivity index (χ2v) is 9.46. The standard InChI is InChI=1S/C23H24FN5O3S/c1-17(18-2-4-19(24)5-3-18)23(30)29-14-12-28(13-15-29)20-6-8-21(9-7-20)33(31,32)27-22-10-11-25-16-26-22/h2-11,16-17H,12-15H2,1H3,(H,25,26,27). The van der Waals surface area contributed by atoms with Crippen molar-refractivity contribution in [2.24, 2.45) is 0 Å². The molecular weight excluding hydrogens is 445 g/mol. The van der Waals surface area contributed by atoms with Gasteiger partial charge in [-0.3, -0.25) is 9.52 Å². The highest BCUT2D eigenvalue weighted by atomic mass is 32.2. The number of aromatic nitrogens is 2. The van der Waals surface area contributed by atoms with Crippen molar-refractivity contribution in [3.8, 4) is 0 Å². The van der Waals surface area contributed by atoms with Crippen LogP contribution in [0.5, 0.6) is 0 Å². The predicted octanol–water partition coefficient (Wildman–Crippen LogP) is 2.87. The summed E-state index contributed by atoms with van der Waals surface area (Å²) in [6, 6.07) is 14.1. The molecule has 172 valence electrons. The molecule has 1 aromatic heterocycles. The molecule has 1 aliphatic rings. The van der Waals surface area contributed by atoms with E-state index in [0.717, 1.165) is 11.3 Å². The summed E-state index contributed by atoms with van der Waals surface area (Å²) in [5.41, 5.74) is 1.67. The van der Waals surface area contributed by atoms with Crippen LogP contribution in [0.4, 0.5) is 15.9 Å². The zero-order chi connectivity index (χ0) is 23.4. The van der Waals surface area contributed by atoms with Crippen LogP contribution in [0.15, 0.2) is 72.0 Å². The van der Waals surface area contributed by atoms with E-state index < -0.39 is 10.0 Å². The fourth-order valence-corrected chi connectivity index (χ4v) is 4.75. The van der Waals surface area contributed by atoms with Crippen LogP contribution in [0, 0.1) is 5.82 Å². The molecule has 0 spiro atoms. The van der Waals surface area contributed by atoms with Gasteiger partial charge in [-0.15, -0.1) is 0 Å². The van der Waals surface area contributed by atoms with Crippen molar-refractivity contribution in [2.45, 2.75) is 17.7 Å². The number of nitrogens with one attached hydrogen (secondary N) is 1. The molecule has 8 nitrogen and oxygen atoms in total. The molecule has 1 fully saturated rings. The van der Waals surface area contributed by atoms with Crippen molar-refractivity contribution in [1.82, 2.24) is 14.9 Å². The van der Waals surface area contributed by atoms with Crippen molar-refractivity contribution in [1.29, 1.82) is 0 Å². The third-order valence-electron chi connectivity index (χ3n) is 5.66. The zero-order valence-electron chi connectivity index (χ0n) is 18.1. The summed E-state index contributed by atoms with van der Waals surface area (Å²) < 4.78 is 40.7. The Morgan fingerprint density at radius 1 is 1.00 bits per heavy atom. The highest BCUT2D eigenvalue weighted by Crippen LogP contribution is 2.23. The monoisotopic (exact) mass is 469 g/mol. The molecule has 0 aliphatic carbocycles. The third kappa shape index (κ3) is 5.28. The lowest BCUT2D eigenvalue weighted by molar-refractivity contribution is -0.132. The minimum Gasteiger partial charge on any atom is -0.368 e. The number of anilines is 2. The maximum atomic E-state index is 13.2. The first kappa shape index (κ1) is 22.7. The van der Waals surface area contributed by atoms with E-state index in [-0.39, 0.29) is 28.4 Å². The van der Waals surface area contributed by atoms with Crippen LogP contribution in [0.25, 0.3) is 0 Å². The van der Waals surface area contributed by atoms with Crippen LogP contribution in [0.3, 0.4) is 0 Å². The lowest BCUT2D eigenvalue weighted by atomic mass is 9.99. The Labute approximate surface area is 192 Å². The largest absolute Gasteiger partial charge is 0.368 e. The van der Waals surface area contributed by atoms with Gasteiger partial charge in [0, 0.05) is 38.1 Å². The Kier molecular flexibility index (Phi) is 6.55. The molecule has 1 unspecified atom stereocenters. The molecule has 1 atom stereocenters. The molecule has 0 bridgehead atoms. The second-order valence-electron chi connectivity index (χ2n) is 7.78. The number of piperazine rings is 1. The topological polar surface area (TPSA) is 95.5 Å². The van der Waals surface area contributed by atoms with E-state index in [1.165, 1.54) is 30.7 Å². The number of hydrogen-bond donors (Lipinski definition) is 1. The van der Waals surface area contributed by atoms with Gasteiger partial charge >= 0.3 is 0 Å². The van der Waals surface area contributed by atoms with Crippen LogP contribution < -0.4 is 9.62 Å². The van der Waals surface area contributed by atoms with Crippen LogP contribution in [-0.2, 0) is 14.8 Å². The summed E-state index contributed by atoms with van der Waals surface area (Å²) in [5.74, 6) is -0.456. The van der Waals surface area contributed by atoms with E-state index in [1.54, 1.807) is 36.4 Å². The van der Waals surface area contributed by atoms with Crippen molar-refractivity contribution in [3.05, 3.63) is 78.5 Å². The van der Waals surface area contributed by atoms with E-state index in [0.29, 0.717) is 26.2 Å². The molecule has 1 N–H and O–H groups in total. The Bertz CT molecular complexity index is 1200. The molecule has 1 aliphatic heterocycles. The lowest BCUT2D eigenvalue weighted by Crippen LogP contribution is -2.49. The first-order valence-corrected chi connectivity index (χ1v) is 12.0. The van der Waals surface area contributed by atoms with Crippen molar-refractivity contribution >= 4 is 27.4 Å². The maximum absolute atomic E-state index is 13.2. The van der Waals surface area contributed by atoms with E-state index >= 15 is 0 Å². The molecule has 0 radical (unpaired) electrons. The number of hydrogen-bond acceptors (Lipinski definition) is 6. The molecule has 2 heterocycles.